The second kappa shape index (κ2) is 8.33. The Morgan fingerprint density at radius 2 is 2.33 bits per heavy atom. The van der Waals surface area contributed by atoms with Crippen LogP contribution in [0.15, 0.2) is 10.4 Å². The van der Waals surface area contributed by atoms with E-state index < -0.39 is 0 Å². The van der Waals surface area contributed by atoms with Crippen LogP contribution < -0.4 is 0 Å². The molecule has 3 heteroatoms. The third-order valence-electron chi connectivity index (χ3n) is 1.37. The van der Waals surface area contributed by atoms with Gasteiger partial charge in [-0.05, 0) is 30.3 Å². The summed E-state index contributed by atoms with van der Waals surface area (Å²) < 4.78 is 0.935. The predicted molar refractivity (Wildman–Crippen MR) is 64.4 cm³/mol. The van der Waals surface area contributed by atoms with Crippen molar-refractivity contribution in [3.63, 3.8) is 0 Å². The summed E-state index contributed by atoms with van der Waals surface area (Å²) in [6.45, 7) is 4.22. The van der Waals surface area contributed by atoms with Gasteiger partial charge < -0.3 is 0 Å². The first kappa shape index (κ1) is 12.7. The molecule has 0 aliphatic rings. The van der Waals surface area contributed by atoms with Crippen LogP contribution in [0.4, 0.5) is 0 Å². The number of hydrogen-bond acceptors (Lipinski definition) is 2. The van der Waals surface area contributed by atoms with E-state index in [-0.39, 0.29) is 0 Å². The summed E-state index contributed by atoms with van der Waals surface area (Å²) in [7, 11) is 0. The third kappa shape index (κ3) is 8.82. The molecular weight excluding hydrogens is 208 g/mol. The molecule has 0 aromatic heterocycles. The van der Waals surface area contributed by atoms with Gasteiger partial charge in [-0.25, -0.2) is 0 Å². The highest BCUT2D eigenvalue weighted by atomic mass is 35.5. The van der Waals surface area contributed by atoms with E-state index in [2.05, 4.69) is 32.6 Å². The van der Waals surface area contributed by atoms with E-state index in [1.807, 2.05) is 0 Å². The Morgan fingerprint density at radius 1 is 1.67 bits per heavy atom. The van der Waals surface area contributed by atoms with Crippen molar-refractivity contribution in [2.45, 2.75) is 38.4 Å². The zero-order valence-electron chi connectivity index (χ0n) is 7.72. The summed E-state index contributed by atoms with van der Waals surface area (Å²) in [5.41, 5.74) is 0. The molecule has 0 nitrogen and oxygen atoms in total. The van der Waals surface area contributed by atoms with Crippen LogP contribution in [0.25, 0.3) is 0 Å². The lowest BCUT2D eigenvalue weighted by Crippen LogP contribution is -1.91. The zero-order chi connectivity index (χ0) is 9.40. The van der Waals surface area contributed by atoms with Gasteiger partial charge in [0.1, 0.15) is 0 Å². The van der Waals surface area contributed by atoms with Gasteiger partial charge in [0.2, 0.25) is 0 Å². The summed E-state index contributed by atoms with van der Waals surface area (Å²) in [5.74, 6) is 1.11. The molecule has 0 aliphatic carbocycles. The van der Waals surface area contributed by atoms with Gasteiger partial charge in [0.05, 0.1) is 4.36 Å². The van der Waals surface area contributed by atoms with Gasteiger partial charge in [0.25, 0.3) is 0 Å². The highest BCUT2D eigenvalue weighted by Crippen LogP contribution is 2.22. The normalized spacial score (nSPS) is 14.8. The smallest absolute Gasteiger partial charge is 0.0694 e. The number of rotatable bonds is 6. The molecule has 0 N–H and O–H groups in total. The van der Waals surface area contributed by atoms with Crippen LogP contribution in [0.3, 0.4) is 0 Å². The highest BCUT2D eigenvalue weighted by Gasteiger charge is 1.96. The number of thioether (sulfide) groups is 1. The molecule has 0 spiro atoms. The van der Waals surface area contributed by atoms with Crippen molar-refractivity contribution < 1.29 is 0 Å². The molecule has 0 saturated carbocycles. The van der Waals surface area contributed by atoms with Gasteiger partial charge in [-0.2, -0.15) is 12.6 Å². The molecule has 0 heterocycles. The number of thiol groups is 1. The molecule has 1 unspecified atom stereocenters. The molecule has 12 heavy (non-hydrogen) atoms. The third-order valence-corrected chi connectivity index (χ3v) is 3.05. The first-order chi connectivity index (χ1) is 5.66. The van der Waals surface area contributed by atoms with Crippen molar-refractivity contribution in [1.29, 1.82) is 0 Å². The maximum Gasteiger partial charge on any atom is 0.0694 e. The number of allylic oxidation sites excluding steroid dienone is 1. The fourth-order valence-corrected chi connectivity index (χ4v) is 2.13. The maximum absolute atomic E-state index is 5.90. The average molecular weight is 225 g/mol. The fourth-order valence-electron chi connectivity index (χ4n) is 0.768. The van der Waals surface area contributed by atoms with Crippen molar-refractivity contribution in [1.82, 2.24) is 0 Å². The summed E-state index contributed by atoms with van der Waals surface area (Å²) in [4.78, 5) is 0. The van der Waals surface area contributed by atoms with Crippen molar-refractivity contribution in [2.75, 3.05) is 5.75 Å². The Morgan fingerprint density at radius 3 is 2.83 bits per heavy atom. The molecule has 0 radical (unpaired) electrons. The largest absolute Gasteiger partial charge is 0.176 e. The molecular formula is C9H17ClS2. The lowest BCUT2D eigenvalue weighted by atomic mass is 10.3. The first-order valence-corrected chi connectivity index (χ1v) is 6.21. The van der Waals surface area contributed by atoms with E-state index in [1.165, 1.54) is 12.8 Å². The lowest BCUT2D eigenvalue weighted by Gasteiger charge is -2.02. The van der Waals surface area contributed by atoms with Crippen molar-refractivity contribution >= 4 is 36.0 Å². The molecule has 0 bridgehead atoms. The number of halogens is 1. The standard InChI is InChI=1S/C9H17ClS2/c1-3-5-9(10)12-7-4-6-8(2)11/h5,8,11H,3-4,6-7H2,1-2H3. The minimum Gasteiger partial charge on any atom is -0.176 e. The Labute approximate surface area is 90.6 Å². The summed E-state index contributed by atoms with van der Waals surface area (Å²) >= 11 is 11.9. The monoisotopic (exact) mass is 224 g/mol. The van der Waals surface area contributed by atoms with E-state index in [4.69, 9.17) is 11.6 Å². The van der Waals surface area contributed by atoms with E-state index in [9.17, 15) is 0 Å². The van der Waals surface area contributed by atoms with Gasteiger partial charge in [-0.1, -0.05) is 31.5 Å². The van der Waals surface area contributed by atoms with Crippen LogP contribution in [-0.2, 0) is 0 Å². The second-order valence-corrected chi connectivity index (χ2v) is 5.41. The molecule has 0 amide bonds. The van der Waals surface area contributed by atoms with Crippen molar-refractivity contribution in [3.8, 4) is 0 Å². The predicted octanol–water partition coefficient (Wildman–Crippen LogP) is 4.31. The average Bonchev–Trinajstić information content (AvgIpc) is 1.98. The quantitative estimate of drug-likeness (QED) is 0.518. The summed E-state index contributed by atoms with van der Waals surface area (Å²) in [5, 5.41) is 0.513. The van der Waals surface area contributed by atoms with Crippen molar-refractivity contribution in [3.05, 3.63) is 10.4 Å². The molecule has 0 aromatic carbocycles. The highest BCUT2D eigenvalue weighted by molar-refractivity contribution is 8.04. The Hall–Kier alpha value is 0.730. The maximum atomic E-state index is 5.90. The second-order valence-electron chi connectivity index (χ2n) is 2.76. The molecule has 0 saturated heterocycles. The van der Waals surface area contributed by atoms with Crippen LogP contribution in [0, 0.1) is 0 Å². The summed E-state index contributed by atoms with van der Waals surface area (Å²) in [6, 6.07) is 0. The van der Waals surface area contributed by atoms with Gasteiger partial charge in [-0.3, -0.25) is 0 Å². The van der Waals surface area contributed by atoms with Crippen molar-refractivity contribution in [2.24, 2.45) is 0 Å². The minimum absolute atomic E-state index is 0.513. The van der Waals surface area contributed by atoms with Crippen LogP contribution in [0.1, 0.15) is 33.1 Å². The lowest BCUT2D eigenvalue weighted by molar-refractivity contribution is 0.799. The summed E-state index contributed by atoms with van der Waals surface area (Å²) in [6.07, 6.45) is 5.45. The Bertz CT molecular complexity index is 132. The van der Waals surface area contributed by atoms with E-state index in [1.54, 1.807) is 11.8 Å². The topological polar surface area (TPSA) is 0 Å². The van der Waals surface area contributed by atoms with Crippen LogP contribution in [0.5, 0.6) is 0 Å². The first-order valence-electron chi connectivity index (χ1n) is 4.33. The molecule has 0 aliphatic heterocycles. The Kier molecular flexibility index (Phi) is 8.84. The number of hydrogen-bond donors (Lipinski definition) is 1. The molecule has 0 aromatic rings. The van der Waals surface area contributed by atoms with Gasteiger partial charge in [0.15, 0.2) is 0 Å². The van der Waals surface area contributed by atoms with Crippen LogP contribution in [0.2, 0.25) is 0 Å². The molecule has 0 rings (SSSR count). The van der Waals surface area contributed by atoms with E-state index in [0.29, 0.717) is 5.25 Å². The van der Waals surface area contributed by atoms with E-state index in [0.717, 1.165) is 16.5 Å². The van der Waals surface area contributed by atoms with Gasteiger partial charge in [0, 0.05) is 0 Å². The van der Waals surface area contributed by atoms with Gasteiger partial charge >= 0.3 is 0 Å². The molecule has 1 atom stereocenters. The van der Waals surface area contributed by atoms with E-state index >= 15 is 0 Å². The Balaban J connectivity index is 3.25. The minimum atomic E-state index is 0.513. The molecule has 0 fully saturated rings. The SMILES string of the molecule is CCC=C(Cl)SCCCC(C)S. The van der Waals surface area contributed by atoms with Crippen LogP contribution >= 0.6 is 36.0 Å². The molecule has 72 valence electrons. The van der Waals surface area contributed by atoms with Crippen LogP contribution in [-0.4, -0.2) is 11.0 Å². The fraction of sp³-hybridized carbons (Fsp3) is 0.778. The van der Waals surface area contributed by atoms with Gasteiger partial charge in [-0.15, -0.1) is 11.8 Å². The zero-order valence-corrected chi connectivity index (χ0v) is 10.2.